The number of hydrazine groups is 1. The van der Waals surface area contributed by atoms with Crippen LogP contribution in [-0.4, -0.2) is 9.97 Å². The van der Waals surface area contributed by atoms with Crippen molar-refractivity contribution < 1.29 is 0 Å². The molecule has 0 saturated carbocycles. The molecule has 0 aliphatic carbocycles. The average Bonchev–Trinajstić information content (AvgIpc) is 2.45. The Bertz CT molecular complexity index is 603. The summed E-state index contributed by atoms with van der Waals surface area (Å²) >= 11 is 6.98. The summed E-state index contributed by atoms with van der Waals surface area (Å²) in [5, 5.41) is 3.32. The third-order valence-electron chi connectivity index (χ3n) is 2.76. The number of anilines is 3. The van der Waals surface area contributed by atoms with Gasteiger partial charge in [-0.1, -0.05) is 29.3 Å². The highest BCUT2D eigenvalue weighted by Crippen LogP contribution is 2.31. The third-order valence-corrected chi connectivity index (χ3v) is 3.95. The minimum absolute atomic E-state index is 0.649. The van der Waals surface area contributed by atoms with Crippen LogP contribution in [0.15, 0.2) is 33.5 Å². The van der Waals surface area contributed by atoms with Crippen LogP contribution < -0.4 is 16.6 Å². The molecular weight excluding hydrogens is 386 g/mol. The zero-order valence-electron chi connectivity index (χ0n) is 11.0. The maximum Gasteiger partial charge on any atom is 0.148 e. The van der Waals surface area contributed by atoms with E-state index >= 15 is 0 Å². The monoisotopic (exact) mass is 399 g/mol. The van der Waals surface area contributed by atoms with Crippen LogP contribution in [0.1, 0.15) is 18.9 Å². The molecule has 0 amide bonds. The van der Waals surface area contributed by atoms with Crippen molar-refractivity contribution in [1.29, 1.82) is 0 Å². The zero-order valence-corrected chi connectivity index (χ0v) is 14.1. The SMILES string of the molecule is CCCc1c(NN)ncnc1Nc1cc(Br)ccc1Br. The fourth-order valence-electron chi connectivity index (χ4n) is 1.85. The van der Waals surface area contributed by atoms with E-state index in [-0.39, 0.29) is 0 Å². The molecule has 2 aromatic rings. The number of rotatable bonds is 5. The molecule has 0 aliphatic rings. The summed E-state index contributed by atoms with van der Waals surface area (Å²) < 4.78 is 1.95. The first-order chi connectivity index (χ1) is 9.65. The number of halogens is 2. The van der Waals surface area contributed by atoms with Crippen LogP contribution in [0.25, 0.3) is 0 Å². The Labute approximate surface area is 134 Å². The maximum absolute atomic E-state index is 5.51. The molecule has 4 N–H and O–H groups in total. The topological polar surface area (TPSA) is 75.9 Å². The number of aromatic nitrogens is 2. The number of nitrogens with one attached hydrogen (secondary N) is 2. The summed E-state index contributed by atoms with van der Waals surface area (Å²) in [7, 11) is 0. The lowest BCUT2D eigenvalue weighted by atomic mass is 10.1. The number of hydrogen-bond donors (Lipinski definition) is 3. The fraction of sp³-hybridized carbons (Fsp3) is 0.231. The first-order valence-corrected chi connectivity index (χ1v) is 7.76. The summed E-state index contributed by atoms with van der Waals surface area (Å²) in [5.41, 5.74) is 4.53. The Morgan fingerprint density at radius 1 is 1.20 bits per heavy atom. The van der Waals surface area contributed by atoms with E-state index in [2.05, 4.69) is 59.5 Å². The Morgan fingerprint density at radius 3 is 2.65 bits per heavy atom. The van der Waals surface area contributed by atoms with Crippen LogP contribution in [0, 0.1) is 0 Å². The van der Waals surface area contributed by atoms with Gasteiger partial charge in [0.25, 0.3) is 0 Å². The molecule has 5 nitrogen and oxygen atoms in total. The molecule has 0 radical (unpaired) electrons. The lowest BCUT2D eigenvalue weighted by Crippen LogP contribution is -2.13. The molecule has 0 fully saturated rings. The molecule has 0 aliphatic heterocycles. The first kappa shape index (κ1) is 15.2. The predicted octanol–water partition coefficient (Wildman–Crippen LogP) is 3.98. The van der Waals surface area contributed by atoms with Gasteiger partial charge < -0.3 is 10.7 Å². The van der Waals surface area contributed by atoms with Gasteiger partial charge in [-0.05, 0) is 40.5 Å². The molecule has 0 saturated heterocycles. The van der Waals surface area contributed by atoms with Crippen molar-refractivity contribution in [2.75, 3.05) is 10.7 Å². The van der Waals surface area contributed by atoms with Gasteiger partial charge in [0, 0.05) is 14.5 Å². The summed E-state index contributed by atoms with van der Waals surface area (Å²) in [4.78, 5) is 8.47. The molecule has 106 valence electrons. The van der Waals surface area contributed by atoms with Crippen molar-refractivity contribution in [1.82, 2.24) is 9.97 Å². The van der Waals surface area contributed by atoms with Gasteiger partial charge in [0.2, 0.25) is 0 Å². The lowest BCUT2D eigenvalue weighted by molar-refractivity contribution is 0.903. The van der Waals surface area contributed by atoms with Crippen molar-refractivity contribution in [3.8, 4) is 0 Å². The van der Waals surface area contributed by atoms with Gasteiger partial charge in [0.15, 0.2) is 0 Å². The molecule has 7 heteroatoms. The van der Waals surface area contributed by atoms with E-state index < -0.39 is 0 Å². The molecule has 1 heterocycles. The molecule has 1 aromatic carbocycles. The molecule has 1 aromatic heterocycles. The predicted molar refractivity (Wildman–Crippen MR) is 89.0 cm³/mol. The van der Waals surface area contributed by atoms with E-state index in [1.165, 1.54) is 6.33 Å². The van der Waals surface area contributed by atoms with Gasteiger partial charge in [0.1, 0.15) is 18.0 Å². The smallest absolute Gasteiger partial charge is 0.148 e. The molecule has 20 heavy (non-hydrogen) atoms. The minimum atomic E-state index is 0.649. The lowest BCUT2D eigenvalue weighted by Gasteiger charge is -2.14. The molecule has 0 unspecified atom stereocenters. The Kier molecular flexibility index (Phi) is 5.33. The van der Waals surface area contributed by atoms with Crippen molar-refractivity contribution in [2.45, 2.75) is 19.8 Å². The summed E-state index contributed by atoms with van der Waals surface area (Å²) in [6, 6.07) is 5.92. The number of hydrogen-bond acceptors (Lipinski definition) is 5. The zero-order chi connectivity index (χ0) is 14.5. The van der Waals surface area contributed by atoms with Gasteiger partial charge in [-0.3, -0.25) is 0 Å². The Morgan fingerprint density at radius 2 is 1.95 bits per heavy atom. The number of nitrogens with zero attached hydrogens (tertiary/aromatic N) is 2. The van der Waals surface area contributed by atoms with E-state index in [9.17, 15) is 0 Å². The molecule has 2 rings (SSSR count). The van der Waals surface area contributed by atoms with Gasteiger partial charge >= 0.3 is 0 Å². The Balaban J connectivity index is 2.39. The quantitative estimate of drug-likeness (QED) is 0.522. The van der Waals surface area contributed by atoms with Gasteiger partial charge in [-0.2, -0.15) is 0 Å². The van der Waals surface area contributed by atoms with E-state index in [0.717, 1.165) is 38.9 Å². The minimum Gasteiger partial charge on any atom is -0.339 e. The van der Waals surface area contributed by atoms with Crippen LogP contribution in [-0.2, 0) is 6.42 Å². The van der Waals surface area contributed by atoms with E-state index in [4.69, 9.17) is 5.84 Å². The molecule has 0 spiro atoms. The second kappa shape index (κ2) is 7.01. The highest BCUT2D eigenvalue weighted by atomic mass is 79.9. The van der Waals surface area contributed by atoms with Crippen LogP contribution in [0.2, 0.25) is 0 Å². The number of nitrogens with two attached hydrogens (primary N) is 1. The van der Waals surface area contributed by atoms with Gasteiger partial charge in [0.05, 0.1) is 5.69 Å². The largest absolute Gasteiger partial charge is 0.339 e. The standard InChI is InChI=1S/C13H15Br2N5/c1-2-3-9-12(17-7-18-13(9)20-16)19-11-6-8(14)4-5-10(11)15/h4-7H,2-3,16H2,1H3,(H2,17,18,19,20). The van der Waals surface area contributed by atoms with E-state index in [1.807, 2.05) is 18.2 Å². The highest BCUT2D eigenvalue weighted by molar-refractivity contribution is 9.11. The molecular formula is C13H15Br2N5. The highest BCUT2D eigenvalue weighted by Gasteiger charge is 2.11. The second-order valence-electron chi connectivity index (χ2n) is 4.19. The summed E-state index contributed by atoms with van der Waals surface area (Å²) in [6.45, 7) is 2.10. The first-order valence-electron chi connectivity index (χ1n) is 6.18. The van der Waals surface area contributed by atoms with Gasteiger partial charge in [-0.25, -0.2) is 15.8 Å². The van der Waals surface area contributed by atoms with Crippen LogP contribution >= 0.6 is 31.9 Å². The van der Waals surface area contributed by atoms with Crippen molar-refractivity contribution >= 4 is 49.2 Å². The van der Waals surface area contributed by atoms with Crippen LogP contribution in [0.4, 0.5) is 17.3 Å². The maximum atomic E-state index is 5.51. The third kappa shape index (κ3) is 3.47. The van der Waals surface area contributed by atoms with Crippen LogP contribution in [0.3, 0.4) is 0 Å². The van der Waals surface area contributed by atoms with Crippen LogP contribution in [0.5, 0.6) is 0 Å². The van der Waals surface area contributed by atoms with Crippen molar-refractivity contribution in [3.63, 3.8) is 0 Å². The normalized spacial score (nSPS) is 10.4. The summed E-state index contributed by atoms with van der Waals surface area (Å²) in [5.74, 6) is 6.92. The average molecular weight is 401 g/mol. The summed E-state index contributed by atoms with van der Waals surface area (Å²) in [6.07, 6.45) is 3.31. The number of nitrogen functional groups attached to an aromatic ring is 1. The molecule has 0 bridgehead atoms. The fourth-order valence-corrected chi connectivity index (χ4v) is 2.56. The van der Waals surface area contributed by atoms with E-state index in [1.54, 1.807) is 0 Å². The van der Waals surface area contributed by atoms with E-state index in [0.29, 0.717) is 5.82 Å². The van der Waals surface area contributed by atoms with Gasteiger partial charge in [-0.15, -0.1) is 0 Å². The second-order valence-corrected chi connectivity index (χ2v) is 5.96. The number of benzene rings is 1. The Hall–Kier alpha value is -1.18. The van der Waals surface area contributed by atoms with Crippen molar-refractivity contribution in [3.05, 3.63) is 39.0 Å². The molecule has 0 atom stereocenters. The van der Waals surface area contributed by atoms with Crippen molar-refractivity contribution in [2.24, 2.45) is 5.84 Å².